The van der Waals surface area contributed by atoms with Gasteiger partial charge in [-0.1, -0.05) is 42.1 Å². The standard InChI is InChI=1S/C19H18FN5O3S/c1-24-17(10-11-21-18(26)14-7-3-4-8-15(14)20)22-23-19(24)29-12-13-6-2-5-9-16(13)25(27)28/h2-9H,10-12H2,1H3,(H,21,26). The lowest BCUT2D eigenvalue weighted by atomic mass is 10.2. The van der Waals surface area contributed by atoms with Crippen LogP contribution in [0.5, 0.6) is 0 Å². The highest BCUT2D eigenvalue weighted by molar-refractivity contribution is 7.98. The van der Waals surface area contributed by atoms with Gasteiger partial charge in [-0.05, 0) is 12.1 Å². The van der Waals surface area contributed by atoms with E-state index >= 15 is 0 Å². The van der Waals surface area contributed by atoms with Gasteiger partial charge in [-0.25, -0.2) is 4.39 Å². The van der Waals surface area contributed by atoms with Crippen LogP contribution in [0.2, 0.25) is 0 Å². The van der Waals surface area contributed by atoms with Crippen molar-refractivity contribution in [2.45, 2.75) is 17.3 Å². The lowest BCUT2D eigenvalue weighted by molar-refractivity contribution is -0.385. The van der Waals surface area contributed by atoms with Gasteiger partial charge in [0.15, 0.2) is 5.16 Å². The number of nitrogens with one attached hydrogen (secondary N) is 1. The van der Waals surface area contributed by atoms with E-state index in [9.17, 15) is 19.3 Å². The molecule has 1 heterocycles. The summed E-state index contributed by atoms with van der Waals surface area (Å²) in [5, 5.41) is 22.6. The Bertz CT molecular complexity index is 1040. The second-order valence-electron chi connectivity index (χ2n) is 6.12. The fraction of sp³-hybridized carbons (Fsp3) is 0.211. The normalized spacial score (nSPS) is 10.7. The zero-order chi connectivity index (χ0) is 20.8. The van der Waals surface area contributed by atoms with Gasteiger partial charge < -0.3 is 9.88 Å². The molecule has 1 N–H and O–H groups in total. The first-order chi connectivity index (χ1) is 14.0. The van der Waals surface area contributed by atoms with E-state index in [1.165, 1.54) is 36.0 Å². The molecule has 0 radical (unpaired) electrons. The van der Waals surface area contributed by atoms with Crippen molar-refractivity contribution in [3.63, 3.8) is 0 Å². The number of carbonyl (C=O) groups is 1. The number of nitro benzene ring substituents is 1. The summed E-state index contributed by atoms with van der Waals surface area (Å²) in [6.45, 7) is 0.272. The molecule has 1 amide bonds. The molecule has 10 heteroatoms. The van der Waals surface area contributed by atoms with Gasteiger partial charge in [-0.15, -0.1) is 10.2 Å². The Hall–Kier alpha value is -3.27. The van der Waals surface area contributed by atoms with E-state index in [0.717, 1.165) is 0 Å². The SMILES string of the molecule is Cn1c(CCNC(=O)c2ccccc2F)nnc1SCc1ccccc1[N+](=O)[O-]. The Labute approximate surface area is 170 Å². The molecule has 0 saturated heterocycles. The summed E-state index contributed by atoms with van der Waals surface area (Å²) in [6, 6.07) is 12.3. The summed E-state index contributed by atoms with van der Waals surface area (Å²) in [4.78, 5) is 22.7. The van der Waals surface area contributed by atoms with Gasteiger partial charge in [0.25, 0.3) is 11.6 Å². The van der Waals surface area contributed by atoms with E-state index in [4.69, 9.17) is 0 Å². The first kappa shape index (κ1) is 20.5. The largest absolute Gasteiger partial charge is 0.351 e. The molecule has 2 aromatic carbocycles. The van der Waals surface area contributed by atoms with Crippen LogP contribution in [0.15, 0.2) is 53.7 Å². The second-order valence-corrected chi connectivity index (χ2v) is 7.06. The van der Waals surface area contributed by atoms with Crippen LogP contribution in [0, 0.1) is 15.9 Å². The molecule has 0 spiro atoms. The number of aromatic nitrogens is 3. The molecule has 0 saturated carbocycles. The molecule has 0 unspecified atom stereocenters. The van der Waals surface area contributed by atoms with Gasteiger partial charge in [0, 0.05) is 37.4 Å². The van der Waals surface area contributed by atoms with Crippen molar-refractivity contribution in [2.75, 3.05) is 6.54 Å². The zero-order valence-corrected chi connectivity index (χ0v) is 16.4. The zero-order valence-electron chi connectivity index (χ0n) is 15.5. The van der Waals surface area contributed by atoms with Gasteiger partial charge in [0.05, 0.1) is 10.5 Å². The molecule has 0 bridgehead atoms. The molecule has 0 aliphatic rings. The Balaban J connectivity index is 1.57. The third kappa shape index (κ3) is 4.96. The molecule has 29 heavy (non-hydrogen) atoms. The summed E-state index contributed by atoms with van der Waals surface area (Å²) in [5.74, 6) is -0.0369. The third-order valence-corrected chi connectivity index (χ3v) is 5.29. The van der Waals surface area contributed by atoms with Crippen LogP contribution in [-0.2, 0) is 19.2 Å². The predicted octanol–water partition coefficient (Wildman–Crippen LogP) is 3.13. The molecule has 0 atom stereocenters. The number of hydrogen-bond acceptors (Lipinski definition) is 6. The highest BCUT2D eigenvalue weighted by Crippen LogP contribution is 2.26. The van der Waals surface area contributed by atoms with Crippen LogP contribution >= 0.6 is 11.8 Å². The first-order valence-corrected chi connectivity index (χ1v) is 9.72. The maximum Gasteiger partial charge on any atom is 0.273 e. The Kier molecular flexibility index (Phi) is 6.55. The minimum atomic E-state index is -0.572. The van der Waals surface area contributed by atoms with E-state index in [1.54, 1.807) is 35.9 Å². The van der Waals surface area contributed by atoms with E-state index in [-0.39, 0.29) is 17.8 Å². The van der Waals surface area contributed by atoms with Crippen LogP contribution in [0.4, 0.5) is 10.1 Å². The van der Waals surface area contributed by atoms with E-state index in [0.29, 0.717) is 28.7 Å². The lowest BCUT2D eigenvalue weighted by Crippen LogP contribution is -2.27. The Morgan fingerprint density at radius 1 is 1.21 bits per heavy atom. The fourth-order valence-electron chi connectivity index (χ4n) is 2.67. The number of nitrogens with zero attached hydrogens (tertiary/aromatic N) is 4. The molecular weight excluding hydrogens is 397 g/mol. The van der Waals surface area contributed by atoms with Gasteiger partial charge in [0.2, 0.25) is 0 Å². The minimum Gasteiger partial charge on any atom is -0.351 e. The van der Waals surface area contributed by atoms with Crippen LogP contribution in [0.25, 0.3) is 0 Å². The van der Waals surface area contributed by atoms with E-state index in [2.05, 4.69) is 15.5 Å². The highest BCUT2D eigenvalue weighted by atomic mass is 32.2. The third-order valence-electron chi connectivity index (χ3n) is 4.22. The number of rotatable bonds is 8. The average molecular weight is 415 g/mol. The summed E-state index contributed by atoms with van der Waals surface area (Å²) in [6.07, 6.45) is 0.412. The smallest absolute Gasteiger partial charge is 0.273 e. The quantitative estimate of drug-likeness (QED) is 0.344. The summed E-state index contributed by atoms with van der Waals surface area (Å²) >= 11 is 1.34. The molecule has 0 fully saturated rings. The number of halogens is 1. The second kappa shape index (κ2) is 9.28. The number of amides is 1. The summed E-state index contributed by atoms with van der Waals surface area (Å²) in [5.41, 5.74) is 0.661. The number of hydrogen-bond donors (Lipinski definition) is 1. The van der Waals surface area contributed by atoms with Crippen molar-refractivity contribution < 1.29 is 14.1 Å². The van der Waals surface area contributed by atoms with E-state index in [1.807, 2.05) is 0 Å². The van der Waals surface area contributed by atoms with Crippen LogP contribution in [0.1, 0.15) is 21.7 Å². The summed E-state index contributed by atoms with van der Waals surface area (Å²) < 4.78 is 15.4. The van der Waals surface area contributed by atoms with Gasteiger partial charge in [-0.2, -0.15) is 0 Å². The topological polar surface area (TPSA) is 103 Å². The number of nitro groups is 1. The molecule has 0 aliphatic carbocycles. The molecule has 3 rings (SSSR count). The number of carbonyl (C=O) groups excluding carboxylic acids is 1. The maximum atomic E-state index is 13.6. The molecule has 3 aromatic rings. The Morgan fingerprint density at radius 3 is 2.69 bits per heavy atom. The first-order valence-electron chi connectivity index (χ1n) is 8.73. The molecular formula is C19H18FN5O3S. The lowest BCUT2D eigenvalue weighted by Gasteiger charge is -2.07. The molecule has 1 aromatic heterocycles. The maximum absolute atomic E-state index is 13.6. The minimum absolute atomic E-state index is 0.00818. The van der Waals surface area contributed by atoms with Gasteiger partial charge >= 0.3 is 0 Å². The average Bonchev–Trinajstić information content (AvgIpc) is 3.06. The highest BCUT2D eigenvalue weighted by Gasteiger charge is 2.16. The monoisotopic (exact) mass is 415 g/mol. The predicted molar refractivity (Wildman–Crippen MR) is 106 cm³/mol. The van der Waals surface area contributed by atoms with Crippen molar-refractivity contribution in [3.8, 4) is 0 Å². The van der Waals surface area contributed by atoms with Crippen molar-refractivity contribution in [2.24, 2.45) is 7.05 Å². The van der Waals surface area contributed by atoms with Crippen LogP contribution < -0.4 is 5.32 Å². The van der Waals surface area contributed by atoms with Crippen molar-refractivity contribution >= 4 is 23.4 Å². The Morgan fingerprint density at radius 2 is 1.93 bits per heavy atom. The van der Waals surface area contributed by atoms with Crippen LogP contribution in [-0.4, -0.2) is 32.1 Å². The van der Waals surface area contributed by atoms with Crippen molar-refractivity contribution in [3.05, 3.63) is 81.4 Å². The molecule has 8 nitrogen and oxygen atoms in total. The molecule has 150 valence electrons. The van der Waals surface area contributed by atoms with Gasteiger partial charge in [-0.3, -0.25) is 14.9 Å². The molecule has 0 aliphatic heterocycles. The number of thioether (sulfide) groups is 1. The van der Waals surface area contributed by atoms with E-state index < -0.39 is 16.6 Å². The fourth-order valence-corrected chi connectivity index (χ4v) is 3.60. The van der Waals surface area contributed by atoms with Gasteiger partial charge in [0.1, 0.15) is 11.6 Å². The van der Waals surface area contributed by atoms with Crippen LogP contribution in [0.3, 0.4) is 0 Å². The summed E-state index contributed by atoms with van der Waals surface area (Å²) in [7, 11) is 1.79. The van der Waals surface area contributed by atoms with Crippen molar-refractivity contribution in [1.82, 2.24) is 20.1 Å². The van der Waals surface area contributed by atoms with Crippen molar-refractivity contribution in [1.29, 1.82) is 0 Å². The number of para-hydroxylation sites is 1. The number of benzene rings is 2.